The van der Waals surface area contributed by atoms with Crippen LogP contribution in [0, 0.1) is 46.1 Å². The second-order valence-corrected chi connectivity index (χ2v) is 7.46. The molecule has 1 aliphatic heterocycles. The third-order valence-corrected chi connectivity index (χ3v) is 6.50. The third kappa shape index (κ3) is 1.42. The minimum absolute atomic E-state index is 0.0649. The van der Waals surface area contributed by atoms with Crippen LogP contribution in [0.25, 0.3) is 0 Å². The average molecular weight is 324 g/mol. The highest BCUT2D eigenvalue weighted by atomic mass is 16.6. The molecule has 122 valence electrons. The number of amides is 2. The highest BCUT2D eigenvalue weighted by molar-refractivity contribution is 6.23. The quantitative estimate of drug-likeness (QED) is 0.362. The van der Waals surface area contributed by atoms with E-state index >= 15 is 0 Å². The molecule has 6 nitrogen and oxygen atoms in total. The van der Waals surface area contributed by atoms with Gasteiger partial charge in [-0.1, -0.05) is 18.2 Å². The lowest BCUT2D eigenvalue weighted by molar-refractivity contribution is -0.385. The van der Waals surface area contributed by atoms with Crippen molar-refractivity contribution in [1.82, 2.24) is 0 Å². The number of nitro groups is 1. The standard InChI is InChI=1S/C18H16N2O4/c1-9-2-3-10(8-13(9)20(23)24)19-16(21)14-11-4-5-12(15(14)17(19)22)18(11)6-7-18/h2-5,8,11-12,14-15H,6-7H2,1H3/t11-,12-,14-,15-/m0/s1. The van der Waals surface area contributed by atoms with Crippen molar-refractivity contribution in [3.63, 3.8) is 0 Å². The summed E-state index contributed by atoms with van der Waals surface area (Å²) < 4.78 is 0. The van der Waals surface area contributed by atoms with Crippen molar-refractivity contribution in [1.29, 1.82) is 0 Å². The summed E-state index contributed by atoms with van der Waals surface area (Å²) in [6, 6.07) is 4.56. The zero-order chi connectivity index (χ0) is 16.8. The number of hydrogen-bond acceptors (Lipinski definition) is 4. The predicted molar refractivity (Wildman–Crippen MR) is 85.1 cm³/mol. The Kier molecular flexibility index (Phi) is 2.39. The Labute approximate surface area is 138 Å². The number of nitro benzene ring substituents is 1. The molecule has 0 unspecified atom stereocenters. The monoisotopic (exact) mass is 324 g/mol. The molecule has 1 spiro atoms. The van der Waals surface area contributed by atoms with Gasteiger partial charge in [0.1, 0.15) is 0 Å². The summed E-state index contributed by atoms with van der Waals surface area (Å²) in [5.74, 6) is -0.618. The molecule has 2 amide bonds. The second kappa shape index (κ2) is 4.12. The lowest BCUT2D eigenvalue weighted by atomic mass is 9.85. The van der Waals surface area contributed by atoms with E-state index in [9.17, 15) is 19.7 Å². The van der Waals surface area contributed by atoms with Crippen molar-refractivity contribution in [3.8, 4) is 0 Å². The molecule has 0 aromatic heterocycles. The molecule has 5 rings (SSSR count). The van der Waals surface area contributed by atoms with Crippen LogP contribution in [0.15, 0.2) is 30.4 Å². The molecule has 4 atom stereocenters. The predicted octanol–water partition coefficient (Wildman–Crippen LogP) is 2.60. The van der Waals surface area contributed by atoms with Gasteiger partial charge in [-0.05, 0) is 43.1 Å². The first-order valence-corrected chi connectivity index (χ1v) is 8.27. The SMILES string of the molecule is Cc1ccc(N2C(=O)[C@@H]3[C@@H](C2=O)[C@@H]2C=C[C@@H]3C23CC3)cc1[N+](=O)[O-]. The molecule has 1 aromatic carbocycles. The van der Waals surface area contributed by atoms with Gasteiger partial charge in [-0.3, -0.25) is 19.7 Å². The average Bonchev–Trinajstić information content (AvgIpc) is 3.14. The van der Waals surface area contributed by atoms with Crippen molar-refractivity contribution in [3.05, 3.63) is 46.0 Å². The van der Waals surface area contributed by atoms with Gasteiger partial charge in [-0.15, -0.1) is 0 Å². The van der Waals surface area contributed by atoms with Crippen molar-refractivity contribution in [2.45, 2.75) is 19.8 Å². The van der Waals surface area contributed by atoms with E-state index in [0.29, 0.717) is 11.3 Å². The molecule has 1 aromatic rings. The molecule has 1 saturated heterocycles. The van der Waals surface area contributed by atoms with E-state index in [-0.39, 0.29) is 46.6 Å². The number of allylic oxidation sites excluding steroid dienone is 2. The molecule has 3 fully saturated rings. The molecule has 0 N–H and O–H groups in total. The van der Waals surface area contributed by atoms with Gasteiger partial charge in [0.15, 0.2) is 0 Å². The second-order valence-electron chi connectivity index (χ2n) is 7.46. The lowest BCUT2D eigenvalue weighted by Gasteiger charge is -2.21. The maximum Gasteiger partial charge on any atom is 0.274 e. The van der Waals surface area contributed by atoms with E-state index in [1.807, 2.05) is 0 Å². The first-order chi connectivity index (χ1) is 11.5. The number of rotatable bonds is 2. The smallest absolute Gasteiger partial charge is 0.274 e. The van der Waals surface area contributed by atoms with E-state index < -0.39 is 4.92 Å². The number of hydrogen-bond donors (Lipinski definition) is 0. The zero-order valence-electron chi connectivity index (χ0n) is 13.1. The fourth-order valence-electron chi connectivity index (χ4n) is 5.27. The molecular formula is C18H16N2O4. The van der Waals surface area contributed by atoms with Crippen LogP contribution in [0.5, 0.6) is 0 Å². The van der Waals surface area contributed by atoms with Gasteiger partial charge in [0, 0.05) is 11.6 Å². The zero-order valence-corrected chi connectivity index (χ0v) is 13.1. The first-order valence-electron chi connectivity index (χ1n) is 8.27. The van der Waals surface area contributed by atoms with E-state index in [1.54, 1.807) is 19.1 Å². The fourth-order valence-corrected chi connectivity index (χ4v) is 5.27. The van der Waals surface area contributed by atoms with Gasteiger partial charge in [0.2, 0.25) is 11.8 Å². The lowest BCUT2D eigenvalue weighted by Crippen LogP contribution is -2.34. The Balaban J connectivity index is 1.56. The van der Waals surface area contributed by atoms with Crippen molar-refractivity contribution >= 4 is 23.2 Å². The van der Waals surface area contributed by atoms with Crippen LogP contribution in [0.3, 0.4) is 0 Å². The number of nitrogens with zero attached hydrogens (tertiary/aromatic N) is 2. The number of carbonyl (C=O) groups is 2. The summed E-state index contributed by atoms with van der Waals surface area (Å²) in [4.78, 5) is 37.8. The van der Waals surface area contributed by atoms with Crippen LogP contribution >= 0.6 is 0 Å². The molecule has 4 aliphatic rings. The number of carbonyl (C=O) groups excluding carboxylic acids is 2. The summed E-state index contributed by atoms with van der Waals surface area (Å²) in [6.45, 7) is 1.64. The topological polar surface area (TPSA) is 80.5 Å². The van der Waals surface area contributed by atoms with Crippen molar-refractivity contribution < 1.29 is 14.5 Å². The molecule has 1 heterocycles. The number of imide groups is 1. The molecule has 3 aliphatic carbocycles. The Morgan fingerprint density at radius 3 is 2.21 bits per heavy atom. The summed E-state index contributed by atoms with van der Waals surface area (Å²) in [5.41, 5.74) is 0.930. The highest BCUT2D eigenvalue weighted by Gasteiger charge is 2.73. The highest BCUT2D eigenvalue weighted by Crippen LogP contribution is 2.73. The van der Waals surface area contributed by atoms with Gasteiger partial charge < -0.3 is 0 Å². The van der Waals surface area contributed by atoms with Crippen LogP contribution in [-0.2, 0) is 9.59 Å². The number of fused-ring (bicyclic) bond motifs is 3. The Hall–Kier alpha value is -2.50. The van der Waals surface area contributed by atoms with Crippen molar-refractivity contribution in [2.75, 3.05) is 4.90 Å². The van der Waals surface area contributed by atoms with Crippen LogP contribution in [0.4, 0.5) is 11.4 Å². The minimum atomic E-state index is -0.477. The van der Waals surface area contributed by atoms with Crippen LogP contribution < -0.4 is 4.90 Å². The van der Waals surface area contributed by atoms with Gasteiger partial charge in [-0.2, -0.15) is 0 Å². The van der Waals surface area contributed by atoms with Crippen LogP contribution in [0.1, 0.15) is 18.4 Å². The van der Waals surface area contributed by atoms with E-state index in [2.05, 4.69) is 12.2 Å². The number of anilines is 1. The maximum absolute atomic E-state index is 13.0. The van der Waals surface area contributed by atoms with Gasteiger partial charge in [-0.25, -0.2) is 4.90 Å². The van der Waals surface area contributed by atoms with Crippen LogP contribution in [0.2, 0.25) is 0 Å². The summed E-state index contributed by atoms with van der Waals surface area (Å²) in [6.07, 6.45) is 6.42. The molecule has 2 bridgehead atoms. The molecule has 2 saturated carbocycles. The van der Waals surface area contributed by atoms with Gasteiger partial charge >= 0.3 is 0 Å². The largest absolute Gasteiger partial charge is 0.274 e. The normalized spacial score (nSPS) is 34.3. The van der Waals surface area contributed by atoms with E-state index in [4.69, 9.17) is 0 Å². The van der Waals surface area contributed by atoms with Gasteiger partial charge in [0.25, 0.3) is 5.69 Å². The van der Waals surface area contributed by atoms with E-state index in [1.165, 1.54) is 11.0 Å². The number of aryl methyl sites for hydroxylation is 1. The minimum Gasteiger partial charge on any atom is -0.274 e. The summed E-state index contributed by atoms with van der Waals surface area (Å²) in [7, 11) is 0. The number of benzene rings is 1. The van der Waals surface area contributed by atoms with Crippen LogP contribution in [-0.4, -0.2) is 16.7 Å². The Morgan fingerprint density at radius 1 is 1.12 bits per heavy atom. The maximum atomic E-state index is 13.0. The summed E-state index contributed by atoms with van der Waals surface area (Å²) >= 11 is 0. The van der Waals surface area contributed by atoms with Gasteiger partial charge in [0.05, 0.1) is 22.4 Å². The molecule has 0 radical (unpaired) electrons. The molecule has 24 heavy (non-hydrogen) atoms. The molecular weight excluding hydrogens is 308 g/mol. The Morgan fingerprint density at radius 2 is 1.71 bits per heavy atom. The fraction of sp³-hybridized carbons (Fsp3) is 0.444. The Bertz CT molecular complexity index is 821. The van der Waals surface area contributed by atoms with E-state index in [0.717, 1.165) is 12.8 Å². The summed E-state index contributed by atoms with van der Waals surface area (Å²) in [5, 5.41) is 11.2. The first kappa shape index (κ1) is 13.9. The molecule has 6 heteroatoms. The van der Waals surface area contributed by atoms with Crippen molar-refractivity contribution in [2.24, 2.45) is 29.1 Å². The third-order valence-electron chi connectivity index (χ3n) is 6.50.